The number of methoxy groups -OCH3 is 3. The molecular weight excluding hydrogens is 494 g/mol. The number of rotatable bonds is 7. The summed E-state index contributed by atoms with van der Waals surface area (Å²) in [6, 6.07) is 13.1. The van der Waals surface area contributed by atoms with E-state index in [0.717, 1.165) is 21.6 Å². The van der Waals surface area contributed by atoms with Gasteiger partial charge in [-0.2, -0.15) is 0 Å². The Morgan fingerprint density at radius 1 is 1.06 bits per heavy atom. The van der Waals surface area contributed by atoms with Crippen LogP contribution >= 0.6 is 27.3 Å². The number of thiophene rings is 1. The zero-order chi connectivity index (χ0) is 23.3. The topological polar surface area (TPSA) is 73.9 Å². The number of halogens is 1. The van der Waals surface area contributed by atoms with Crippen molar-refractivity contribution in [3.63, 3.8) is 0 Å². The maximum atomic E-state index is 12.7. The Morgan fingerprint density at radius 2 is 1.78 bits per heavy atom. The summed E-state index contributed by atoms with van der Waals surface area (Å²) in [5.41, 5.74) is 2.72. The first-order valence-electron chi connectivity index (χ1n) is 9.57. The average Bonchev–Trinajstić information content (AvgIpc) is 3.12. The second-order valence-electron chi connectivity index (χ2n) is 6.66. The van der Waals surface area contributed by atoms with Gasteiger partial charge in [-0.15, -0.1) is 11.3 Å². The molecule has 8 heteroatoms. The molecule has 0 atom stereocenters. The second kappa shape index (κ2) is 10.5. The number of aryl methyl sites for hydroxylation is 1. The van der Waals surface area contributed by atoms with Gasteiger partial charge in [0, 0.05) is 16.5 Å². The quantitative estimate of drug-likeness (QED) is 0.311. The van der Waals surface area contributed by atoms with Gasteiger partial charge in [0.05, 0.1) is 25.8 Å². The van der Waals surface area contributed by atoms with E-state index < -0.39 is 5.97 Å². The minimum atomic E-state index is -0.503. The summed E-state index contributed by atoms with van der Waals surface area (Å²) >= 11 is 4.77. The van der Waals surface area contributed by atoms with Crippen molar-refractivity contribution in [1.82, 2.24) is 0 Å². The van der Waals surface area contributed by atoms with Gasteiger partial charge >= 0.3 is 5.97 Å². The van der Waals surface area contributed by atoms with E-state index >= 15 is 0 Å². The van der Waals surface area contributed by atoms with Crippen molar-refractivity contribution in [2.24, 2.45) is 0 Å². The monoisotopic (exact) mass is 515 g/mol. The molecule has 0 aliphatic carbocycles. The van der Waals surface area contributed by atoms with Gasteiger partial charge in [0.25, 0.3) is 0 Å². The molecule has 0 spiro atoms. The molecule has 0 radical (unpaired) electrons. The van der Waals surface area contributed by atoms with Crippen LogP contribution in [0.3, 0.4) is 0 Å². The smallest absolute Gasteiger partial charge is 0.341 e. The minimum absolute atomic E-state index is 0.344. The molecule has 0 fully saturated rings. The normalized spacial score (nSPS) is 10.8. The van der Waals surface area contributed by atoms with Crippen LogP contribution in [0.15, 0.2) is 53.0 Å². The van der Waals surface area contributed by atoms with Crippen LogP contribution in [0, 0.1) is 6.92 Å². The predicted molar refractivity (Wildman–Crippen MR) is 131 cm³/mol. The Balaban J connectivity index is 1.90. The van der Waals surface area contributed by atoms with E-state index in [-0.39, 0.29) is 5.91 Å². The number of hydrogen-bond donors (Lipinski definition) is 1. The third-order valence-corrected chi connectivity index (χ3v) is 6.27. The largest absolute Gasteiger partial charge is 0.493 e. The first-order chi connectivity index (χ1) is 15.4. The van der Waals surface area contributed by atoms with E-state index in [1.165, 1.54) is 24.5 Å². The van der Waals surface area contributed by atoms with Gasteiger partial charge in [0.2, 0.25) is 5.91 Å². The summed E-state index contributed by atoms with van der Waals surface area (Å²) in [4.78, 5) is 26.1. The fourth-order valence-corrected chi connectivity index (χ4v) is 4.93. The molecule has 3 rings (SSSR count). The molecule has 0 unspecified atom stereocenters. The van der Waals surface area contributed by atoms with E-state index in [1.54, 1.807) is 26.4 Å². The van der Waals surface area contributed by atoms with Gasteiger partial charge in [-0.05, 0) is 52.2 Å². The molecule has 0 saturated carbocycles. The number of hydrogen-bond acceptors (Lipinski definition) is 6. The number of ether oxygens (including phenoxy) is 3. The molecule has 1 amide bonds. The molecule has 0 saturated heterocycles. The first-order valence-corrected chi connectivity index (χ1v) is 11.2. The SMILES string of the molecule is COC(=O)c1c(NC(=O)/C=C/c2cc(Br)c(OC)c(OC)c2)sc(C)c1-c1ccccc1. The number of nitrogens with one attached hydrogen (secondary N) is 1. The Bertz CT molecular complexity index is 1170. The van der Waals surface area contributed by atoms with Crippen molar-refractivity contribution in [2.45, 2.75) is 6.92 Å². The number of carbonyl (C=O) groups excluding carboxylic acids is 2. The summed E-state index contributed by atoms with van der Waals surface area (Å²) < 4.78 is 16.3. The van der Waals surface area contributed by atoms with Crippen LogP contribution in [-0.2, 0) is 9.53 Å². The van der Waals surface area contributed by atoms with Gasteiger partial charge in [0.1, 0.15) is 10.6 Å². The number of esters is 1. The van der Waals surface area contributed by atoms with Crippen molar-refractivity contribution >= 4 is 50.2 Å². The molecule has 0 aliphatic rings. The highest BCUT2D eigenvalue weighted by atomic mass is 79.9. The number of benzene rings is 2. The van der Waals surface area contributed by atoms with Gasteiger partial charge in [-0.25, -0.2) is 4.79 Å². The number of anilines is 1. The lowest BCUT2D eigenvalue weighted by atomic mass is 10.0. The lowest BCUT2D eigenvalue weighted by Gasteiger charge is -2.10. The van der Waals surface area contributed by atoms with Crippen molar-refractivity contribution in [2.75, 3.05) is 26.6 Å². The molecule has 0 bridgehead atoms. The number of amides is 1. The van der Waals surface area contributed by atoms with Gasteiger partial charge in [-0.3, -0.25) is 4.79 Å². The maximum absolute atomic E-state index is 12.7. The standard InChI is InChI=1S/C24H22BrNO5S/c1-14-20(16-8-6-5-7-9-16)21(24(28)31-4)23(32-14)26-19(27)11-10-15-12-17(25)22(30-3)18(13-15)29-2/h5-13H,1-4H3,(H,26,27)/b11-10+. The van der Waals surface area contributed by atoms with E-state index in [9.17, 15) is 9.59 Å². The van der Waals surface area contributed by atoms with Crippen LogP contribution in [0.2, 0.25) is 0 Å². The van der Waals surface area contributed by atoms with E-state index in [0.29, 0.717) is 26.5 Å². The van der Waals surface area contributed by atoms with Crippen molar-refractivity contribution in [3.8, 4) is 22.6 Å². The Labute approximate surface area is 198 Å². The second-order valence-corrected chi connectivity index (χ2v) is 8.73. The Kier molecular flexibility index (Phi) is 7.71. The van der Waals surface area contributed by atoms with Crippen molar-refractivity contribution in [1.29, 1.82) is 0 Å². The molecule has 166 valence electrons. The Hall–Kier alpha value is -3.10. The first kappa shape index (κ1) is 23.6. The van der Waals surface area contributed by atoms with Gasteiger partial charge in [0.15, 0.2) is 11.5 Å². The lowest BCUT2D eigenvalue weighted by molar-refractivity contribution is -0.111. The summed E-state index contributed by atoms with van der Waals surface area (Å²) in [6.45, 7) is 1.91. The Morgan fingerprint density at radius 3 is 2.41 bits per heavy atom. The molecule has 0 aliphatic heterocycles. The maximum Gasteiger partial charge on any atom is 0.341 e. The molecule has 3 aromatic rings. The van der Waals surface area contributed by atoms with Crippen LogP contribution in [0.5, 0.6) is 11.5 Å². The summed E-state index contributed by atoms with van der Waals surface area (Å²) in [6.07, 6.45) is 3.05. The van der Waals surface area contributed by atoms with Crippen LogP contribution in [0.1, 0.15) is 20.8 Å². The molecule has 6 nitrogen and oxygen atoms in total. The van der Waals surface area contributed by atoms with Crippen LogP contribution in [0.4, 0.5) is 5.00 Å². The highest BCUT2D eigenvalue weighted by molar-refractivity contribution is 9.10. The highest BCUT2D eigenvalue weighted by Gasteiger charge is 2.24. The van der Waals surface area contributed by atoms with Crippen LogP contribution in [-0.4, -0.2) is 33.2 Å². The molecule has 1 heterocycles. The third kappa shape index (κ3) is 5.03. The van der Waals surface area contributed by atoms with E-state index in [4.69, 9.17) is 14.2 Å². The fraction of sp³-hybridized carbons (Fsp3) is 0.167. The van der Waals surface area contributed by atoms with Crippen LogP contribution in [0.25, 0.3) is 17.2 Å². The van der Waals surface area contributed by atoms with Gasteiger partial charge < -0.3 is 19.5 Å². The number of carbonyl (C=O) groups is 2. The third-order valence-electron chi connectivity index (χ3n) is 4.66. The average molecular weight is 516 g/mol. The summed E-state index contributed by atoms with van der Waals surface area (Å²) in [5, 5.41) is 3.26. The highest BCUT2D eigenvalue weighted by Crippen LogP contribution is 2.40. The lowest BCUT2D eigenvalue weighted by Crippen LogP contribution is -2.11. The molecule has 1 N–H and O–H groups in total. The van der Waals surface area contributed by atoms with E-state index in [1.807, 2.05) is 43.3 Å². The summed E-state index contributed by atoms with van der Waals surface area (Å²) in [5.74, 6) is 0.230. The minimum Gasteiger partial charge on any atom is -0.493 e. The van der Waals surface area contributed by atoms with E-state index in [2.05, 4.69) is 21.2 Å². The zero-order valence-corrected chi connectivity index (χ0v) is 20.4. The predicted octanol–water partition coefficient (Wildman–Crippen LogP) is 5.94. The fourth-order valence-electron chi connectivity index (χ4n) is 3.24. The molecule has 32 heavy (non-hydrogen) atoms. The van der Waals surface area contributed by atoms with Crippen molar-refractivity contribution < 1.29 is 23.8 Å². The van der Waals surface area contributed by atoms with Crippen LogP contribution < -0.4 is 14.8 Å². The molecule has 1 aromatic heterocycles. The van der Waals surface area contributed by atoms with Crippen molar-refractivity contribution in [3.05, 3.63) is 69.0 Å². The molecular formula is C24H22BrNO5S. The van der Waals surface area contributed by atoms with Gasteiger partial charge in [-0.1, -0.05) is 30.3 Å². The summed E-state index contributed by atoms with van der Waals surface area (Å²) in [7, 11) is 4.42. The zero-order valence-electron chi connectivity index (χ0n) is 18.0. The molecule has 2 aromatic carbocycles.